The highest BCUT2D eigenvalue weighted by atomic mass is 16.7. The molecule has 35 nitrogen and oxygen atoms in total. The average molecular weight is 1430 g/mol. The number of hydrogen-bond acceptors (Lipinski definition) is 30. The van der Waals surface area contributed by atoms with Crippen molar-refractivity contribution in [3.63, 3.8) is 0 Å². The van der Waals surface area contributed by atoms with E-state index >= 15 is 0 Å². The van der Waals surface area contributed by atoms with Crippen molar-refractivity contribution in [2.24, 2.45) is 0 Å². The van der Waals surface area contributed by atoms with Crippen LogP contribution in [0.25, 0.3) is 0 Å². The molecule has 0 radical (unpaired) electrons. The molecule has 99 heavy (non-hydrogen) atoms. The van der Waals surface area contributed by atoms with Gasteiger partial charge in [-0.05, 0) is 51.4 Å². The molecule has 0 aromatic carbocycles. The van der Waals surface area contributed by atoms with E-state index in [1.807, 2.05) is 0 Å². The molecule has 3 fully saturated rings. The topological polar surface area (TPSA) is 499 Å². The van der Waals surface area contributed by atoms with Gasteiger partial charge in [-0.25, -0.2) is 0 Å². The number of aliphatic hydroxyl groups excluding tert-OH is 9. The molecule has 0 aromatic rings. The zero-order valence-corrected chi connectivity index (χ0v) is 57.7. The van der Waals surface area contributed by atoms with Gasteiger partial charge in [0, 0.05) is 111 Å². The first kappa shape index (κ1) is 88.7. The summed E-state index contributed by atoms with van der Waals surface area (Å²) in [5.74, 6) is -2.65. The number of amides is 5. The van der Waals surface area contributed by atoms with Crippen LogP contribution in [-0.4, -0.2) is 329 Å². The van der Waals surface area contributed by atoms with Crippen molar-refractivity contribution in [1.29, 1.82) is 0 Å². The molecule has 3 heterocycles. The van der Waals surface area contributed by atoms with Crippen molar-refractivity contribution in [2.75, 3.05) is 139 Å². The second-order valence-electron chi connectivity index (χ2n) is 24.4. The molecule has 0 spiro atoms. The number of rotatable bonds is 57. The average Bonchev–Trinajstić information content (AvgIpc) is 0.824. The van der Waals surface area contributed by atoms with Gasteiger partial charge in [-0.1, -0.05) is 0 Å². The molecule has 0 aromatic heterocycles. The van der Waals surface area contributed by atoms with E-state index in [-0.39, 0.29) is 194 Å². The summed E-state index contributed by atoms with van der Waals surface area (Å²) >= 11 is 0. The van der Waals surface area contributed by atoms with Crippen molar-refractivity contribution in [1.82, 2.24) is 26.6 Å². The van der Waals surface area contributed by atoms with E-state index in [1.54, 1.807) is 7.11 Å². The van der Waals surface area contributed by atoms with Gasteiger partial charge in [0.2, 0.25) is 29.5 Å². The summed E-state index contributed by atoms with van der Waals surface area (Å²) in [6.45, 7) is 3.85. The van der Waals surface area contributed by atoms with Crippen molar-refractivity contribution in [3.8, 4) is 0 Å². The van der Waals surface area contributed by atoms with E-state index in [2.05, 4.69) is 26.6 Å². The lowest BCUT2D eigenvalue weighted by Gasteiger charge is -2.42. The Hall–Kier alpha value is -4.52. The van der Waals surface area contributed by atoms with Crippen LogP contribution in [-0.2, 0) is 99.9 Å². The van der Waals surface area contributed by atoms with E-state index in [0.717, 1.165) is 0 Å². The van der Waals surface area contributed by atoms with Gasteiger partial charge in [0.05, 0.1) is 106 Å². The minimum atomic E-state index is -1.47. The predicted octanol–water partition coefficient (Wildman–Crippen LogP) is -4.47. The summed E-state index contributed by atoms with van der Waals surface area (Å²) < 4.78 is 72.4. The molecule has 0 saturated carbocycles. The number of nitrogens with one attached hydrogen (secondary N) is 5. The Kier molecular flexibility index (Phi) is 46.2. The number of ether oxygens (including phenoxy) is 13. The van der Waals surface area contributed by atoms with Crippen LogP contribution in [0, 0.1) is 0 Å². The molecule has 15 unspecified atom stereocenters. The van der Waals surface area contributed by atoms with E-state index in [1.165, 1.54) is 20.8 Å². The van der Waals surface area contributed by atoms with Crippen LogP contribution in [0.5, 0.6) is 0 Å². The Balaban J connectivity index is 1.58. The number of ketones is 3. The lowest BCUT2D eigenvalue weighted by atomic mass is 9.81. The number of carbonyl (C=O) groups excluding carboxylic acids is 8. The maximum Gasteiger partial charge on any atom is 0.220 e. The van der Waals surface area contributed by atoms with E-state index in [4.69, 9.17) is 61.6 Å². The highest BCUT2D eigenvalue weighted by molar-refractivity contribution is 5.82. The standard InChI is InChI=1S/C64H113N5O30/c1-41(73)66-52-58(84)55(81)47(38-70)97-61(52)94-35-32-91-29-26-88-23-8-12-45(77)15-18-64(69-51(80)14-7-11-44(76)10-5-6-22-87-4,19-16-46(78)13-9-24-89-27-30-92-33-36-95-62-53(67-42(2)74)59(85)56(82)48(39-71)98-62)20-17-50(79)65-21-25-90-28-31-93-34-37-96-63-54(68-43(3)75)60(86)57(83)49(40-72)99-63/h47-49,52-63,70-72,81-86H,5-40H2,1-4H3,(H,65,79)(H,66,73)(H,67,74)(H,68,75)(H,69,80). The third-order valence-corrected chi connectivity index (χ3v) is 16.4. The molecule has 3 saturated heterocycles. The maximum atomic E-state index is 13.9. The van der Waals surface area contributed by atoms with Gasteiger partial charge in [-0.15, -0.1) is 0 Å². The monoisotopic (exact) mass is 1430 g/mol. The fourth-order valence-electron chi connectivity index (χ4n) is 11.0. The zero-order valence-electron chi connectivity index (χ0n) is 57.7. The van der Waals surface area contributed by atoms with E-state index < -0.39 is 147 Å². The van der Waals surface area contributed by atoms with Gasteiger partial charge in [0.15, 0.2) is 18.9 Å². The first-order valence-electron chi connectivity index (χ1n) is 34.1. The Morgan fingerprint density at radius 3 is 1.07 bits per heavy atom. The Bertz CT molecular complexity index is 2090. The molecular weight excluding hydrogens is 1320 g/mol. The van der Waals surface area contributed by atoms with Gasteiger partial charge in [-0.3, -0.25) is 38.4 Å². The van der Waals surface area contributed by atoms with Gasteiger partial charge in [0.25, 0.3) is 0 Å². The molecule has 35 heteroatoms. The number of unbranched alkanes of at least 4 members (excludes halogenated alkanes) is 1. The number of aliphatic hydroxyl groups is 9. The summed E-state index contributed by atoms with van der Waals surface area (Å²) in [5, 5.41) is 104. The second kappa shape index (κ2) is 51.6. The van der Waals surface area contributed by atoms with Gasteiger partial charge >= 0.3 is 0 Å². The maximum absolute atomic E-state index is 13.9. The summed E-state index contributed by atoms with van der Waals surface area (Å²) in [4.78, 5) is 103. The van der Waals surface area contributed by atoms with Crippen molar-refractivity contribution >= 4 is 46.9 Å². The van der Waals surface area contributed by atoms with Crippen LogP contribution in [0.2, 0.25) is 0 Å². The Morgan fingerprint density at radius 1 is 0.364 bits per heavy atom. The highest BCUT2D eigenvalue weighted by Crippen LogP contribution is 2.29. The number of methoxy groups -OCH3 is 1. The Labute approximate surface area is 577 Å². The molecule has 3 aliphatic heterocycles. The highest BCUT2D eigenvalue weighted by Gasteiger charge is 2.48. The van der Waals surface area contributed by atoms with E-state index in [9.17, 15) is 84.3 Å². The zero-order chi connectivity index (χ0) is 73.0. The normalized spacial score (nSPS) is 26.1. The summed E-state index contributed by atoms with van der Waals surface area (Å²) in [5.41, 5.74) is -1.22. The molecule has 3 aliphatic rings. The molecule has 14 N–H and O–H groups in total. The molecule has 574 valence electrons. The second-order valence-corrected chi connectivity index (χ2v) is 24.4. The van der Waals surface area contributed by atoms with Crippen LogP contribution < -0.4 is 26.6 Å². The molecule has 0 bridgehead atoms. The molecule has 0 aliphatic carbocycles. The largest absolute Gasteiger partial charge is 0.394 e. The molecule has 15 atom stereocenters. The lowest BCUT2D eigenvalue weighted by Crippen LogP contribution is -2.64. The fraction of sp³-hybridized carbons (Fsp3) is 0.875. The molecule has 3 rings (SSSR count). The van der Waals surface area contributed by atoms with Crippen LogP contribution in [0.3, 0.4) is 0 Å². The smallest absolute Gasteiger partial charge is 0.220 e. The van der Waals surface area contributed by atoms with Crippen LogP contribution in [0.1, 0.15) is 124 Å². The van der Waals surface area contributed by atoms with Crippen molar-refractivity contribution in [3.05, 3.63) is 0 Å². The van der Waals surface area contributed by atoms with Crippen LogP contribution in [0.4, 0.5) is 0 Å². The van der Waals surface area contributed by atoms with Crippen LogP contribution in [0.15, 0.2) is 0 Å². The number of hydrogen-bond donors (Lipinski definition) is 14. The van der Waals surface area contributed by atoms with Crippen LogP contribution >= 0.6 is 0 Å². The van der Waals surface area contributed by atoms with Gasteiger partial charge < -0.3 is 134 Å². The van der Waals surface area contributed by atoms with E-state index in [0.29, 0.717) is 38.7 Å². The van der Waals surface area contributed by atoms with Gasteiger partial charge in [0.1, 0.15) is 90.4 Å². The fourth-order valence-corrected chi connectivity index (χ4v) is 11.0. The first-order valence-corrected chi connectivity index (χ1v) is 34.1. The third kappa shape index (κ3) is 36.0. The lowest BCUT2D eigenvalue weighted by molar-refractivity contribution is -0.272. The summed E-state index contributed by atoms with van der Waals surface area (Å²) in [6, 6.07) is -3.32. The molecule has 5 amide bonds. The van der Waals surface area contributed by atoms with Crippen molar-refractivity contribution in [2.45, 2.75) is 221 Å². The minimum Gasteiger partial charge on any atom is -0.394 e. The van der Waals surface area contributed by atoms with Crippen molar-refractivity contribution < 1.29 is 146 Å². The minimum absolute atomic E-state index is 0.00574. The Morgan fingerprint density at radius 2 is 0.697 bits per heavy atom. The molecular formula is C64H113N5O30. The summed E-state index contributed by atoms with van der Waals surface area (Å²) in [6.07, 6.45) is -12.8. The SMILES string of the molecule is COCCCCC(=O)CCCC(=O)NC(CCC(=O)CCCOCCOCCOC1OC(CO)C(O)C(O)C1NC(C)=O)(CCC(=O)CCCOCCOCCOC1OC(CO)C(O)C(O)C1NC(C)=O)CCC(=O)NCCOCCOCCOC1OC(CO)C(O)C(O)C1NC(C)=O. The number of Topliss-reactive ketones (excluding diaryl/α,β-unsaturated/α-hetero) is 3. The third-order valence-electron chi connectivity index (χ3n) is 16.4. The number of carbonyl (C=O) groups is 8. The predicted molar refractivity (Wildman–Crippen MR) is 344 cm³/mol. The first-order chi connectivity index (χ1) is 47.5. The summed E-state index contributed by atoms with van der Waals surface area (Å²) in [7, 11) is 1.58. The van der Waals surface area contributed by atoms with Gasteiger partial charge in [-0.2, -0.15) is 0 Å². The quantitative estimate of drug-likeness (QED) is 0.0255.